The van der Waals surface area contributed by atoms with Crippen molar-refractivity contribution in [3.05, 3.63) is 46.3 Å². The Hall–Kier alpha value is -1.21. The summed E-state index contributed by atoms with van der Waals surface area (Å²) in [7, 11) is -3.46. The molecule has 0 spiro atoms. The van der Waals surface area contributed by atoms with Gasteiger partial charge in [0.2, 0.25) is 0 Å². The van der Waals surface area contributed by atoms with Crippen molar-refractivity contribution in [1.29, 1.82) is 0 Å². The number of nitrogens with zero attached hydrogens (tertiary/aromatic N) is 2. The van der Waals surface area contributed by atoms with Gasteiger partial charge >= 0.3 is 0 Å². The van der Waals surface area contributed by atoms with E-state index in [1.807, 2.05) is 26.0 Å². The average Bonchev–Trinajstić information content (AvgIpc) is 3.10. The number of aryl methyl sites for hydroxylation is 2. The van der Waals surface area contributed by atoms with Crippen LogP contribution in [0.5, 0.6) is 0 Å². The van der Waals surface area contributed by atoms with E-state index in [1.54, 1.807) is 12.1 Å². The first-order chi connectivity index (χ1) is 12.8. The molecule has 1 aliphatic heterocycles. The average molecular weight is 536 g/mol. The Kier molecular flexibility index (Phi) is 8.25. The number of rotatable bonds is 5. The van der Waals surface area contributed by atoms with Gasteiger partial charge in [-0.05, 0) is 49.2 Å². The summed E-state index contributed by atoms with van der Waals surface area (Å²) < 4.78 is 32.3. The number of thiophene rings is 1. The van der Waals surface area contributed by atoms with Crippen molar-refractivity contribution in [2.24, 2.45) is 10.7 Å². The van der Waals surface area contributed by atoms with E-state index < -0.39 is 10.0 Å². The molecule has 2 aromatic rings. The lowest BCUT2D eigenvalue weighted by molar-refractivity contribution is 0.0731. The molecule has 1 aliphatic rings. The second kappa shape index (κ2) is 10.0. The Bertz CT molecular complexity index is 918. The quantitative estimate of drug-likeness (QED) is 0.348. The van der Waals surface area contributed by atoms with E-state index in [-0.39, 0.29) is 24.0 Å². The second-order valence-electron chi connectivity index (χ2n) is 6.44. The number of nitrogens with one attached hydrogen (secondary N) is 1. The van der Waals surface area contributed by atoms with Crippen molar-refractivity contribution in [3.8, 4) is 0 Å². The van der Waals surface area contributed by atoms with E-state index in [0.29, 0.717) is 43.0 Å². The summed E-state index contributed by atoms with van der Waals surface area (Å²) in [5, 5.41) is 3.07. The Labute approximate surface area is 187 Å². The molecule has 0 amide bonds. The minimum Gasteiger partial charge on any atom is -0.379 e. The molecule has 28 heavy (non-hydrogen) atoms. The predicted molar refractivity (Wildman–Crippen MR) is 124 cm³/mol. The van der Waals surface area contributed by atoms with Crippen LogP contribution in [-0.2, 0) is 21.3 Å². The van der Waals surface area contributed by atoms with E-state index in [4.69, 9.17) is 10.5 Å². The molecule has 0 radical (unpaired) electrons. The number of sulfonamides is 1. The number of hydrogen-bond donors (Lipinski definition) is 2. The molecule has 3 N–H and O–H groups in total. The van der Waals surface area contributed by atoms with Gasteiger partial charge in [-0.1, -0.05) is 6.07 Å². The molecule has 1 saturated heterocycles. The Morgan fingerprint density at radius 1 is 1.21 bits per heavy atom. The summed E-state index contributed by atoms with van der Waals surface area (Å²) in [6.07, 6.45) is 0. The van der Waals surface area contributed by atoms with Crippen molar-refractivity contribution in [2.75, 3.05) is 31.6 Å². The highest BCUT2D eigenvalue weighted by Gasteiger charge is 2.27. The smallest absolute Gasteiger partial charge is 0.252 e. The Morgan fingerprint density at radius 3 is 2.50 bits per heavy atom. The topological polar surface area (TPSA) is 97.0 Å². The fourth-order valence-electron chi connectivity index (χ4n) is 2.89. The second-order valence-corrected chi connectivity index (χ2v) is 9.77. The zero-order valence-corrected chi connectivity index (χ0v) is 19.8. The van der Waals surface area contributed by atoms with Gasteiger partial charge in [-0.15, -0.1) is 35.3 Å². The number of morpholine rings is 1. The lowest BCUT2D eigenvalue weighted by Crippen LogP contribution is -2.40. The van der Waals surface area contributed by atoms with Gasteiger partial charge in [0, 0.05) is 23.7 Å². The first kappa shape index (κ1) is 23.1. The highest BCUT2D eigenvalue weighted by Crippen LogP contribution is 2.26. The van der Waals surface area contributed by atoms with E-state index in [1.165, 1.54) is 15.6 Å². The molecular formula is C18H25IN4O3S2. The predicted octanol–water partition coefficient (Wildman–Crippen LogP) is 2.93. The molecule has 1 fully saturated rings. The number of halogens is 1. The highest BCUT2D eigenvalue weighted by atomic mass is 127. The third-order valence-corrected chi connectivity index (χ3v) is 7.54. The van der Waals surface area contributed by atoms with Gasteiger partial charge in [0.1, 0.15) is 4.21 Å². The molecule has 3 rings (SSSR count). The fourth-order valence-corrected chi connectivity index (χ4v) is 5.74. The Balaban J connectivity index is 0.00000280. The number of aliphatic imine (C=N–C) groups is 1. The number of hydrogen-bond acceptors (Lipinski definition) is 5. The van der Waals surface area contributed by atoms with Crippen LogP contribution in [0.4, 0.5) is 5.69 Å². The third kappa shape index (κ3) is 5.89. The molecule has 7 nitrogen and oxygen atoms in total. The van der Waals surface area contributed by atoms with Gasteiger partial charge in [-0.3, -0.25) is 0 Å². The van der Waals surface area contributed by atoms with Gasteiger partial charge in [-0.25, -0.2) is 13.4 Å². The molecule has 1 aromatic heterocycles. The maximum absolute atomic E-state index is 12.7. The molecule has 0 atom stereocenters. The SMILES string of the molecule is Cc1cc(C)cc(NC(N)=NCc2ccc(S(=O)(=O)N3CCOCC3)s2)c1.I. The van der Waals surface area contributed by atoms with E-state index in [0.717, 1.165) is 21.7 Å². The standard InChI is InChI=1S/C18H24N4O3S2.HI/c1-13-9-14(2)11-15(10-13)21-18(19)20-12-16-3-4-17(26-16)27(23,24)22-5-7-25-8-6-22;/h3-4,9-11H,5-8,12H2,1-2H3,(H3,19,20,21);1H. The van der Waals surface area contributed by atoms with Crippen LogP contribution in [0.3, 0.4) is 0 Å². The number of benzene rings is 1. The molecule has 0 bridgehead atoms. The molecule has 0 aliphatic carbocycles. The number of nitrogens with two attached hydrogens (primary N) is 1. The van der Waals surface area contributed by atoms with Crippen molar-refractivity contribution in [3.63, 3.8) is 0 Å². The number of guanidine groups is 1. The zero-order chi connectivity index (χ0) is 19.4. The van der Waals surface area contributed by atoms with E-state index in [9.17, 15) is 8.42 Å². The van der Waals surface area contributed by atoms with Crippen LogP contribution in [0, 0.1) is 13.8 Å². The lowest BCUT2D eigenvalue weighted by Gasteiger charge is -2.25. The van der Waals surface area contributed by atoms with Crippen LogP contribution in [-0.4, -0.2) is 45.0 Å². The molecule has 10 heteroatoms. The first-order valence-corrected chi connectivity index (χ1v) is 10.9. The van der Waals surface area contributed by atoms with Crippen molar-refractivity contribution in [2.45, 2.75) is 24.6 Å². The largest absolute Gasteiger partial charge is 0.379 e. The van der Waals surface area contributed by atoms with Gasteiger partial charge in [0.25, 0.3) is 10.0 Å². The summed E-state index contributed by atoms with van der Waals surface area (Å²) in [6.45, 7) is 6.01. The van der Waals surface area contributed by atoms with Gasteiger partial charge in [0.15, 0.2) is 5.96 Å². The lowest BCUT2D eigenvalue weighted by atomic mass is 10.1. The minimum absolute atomic E-state index is 0. The molecular weight excluding hydrogens is 511 g/mol. The zero-order valence-electron chi connectivity index (χ0n) is 15.8. The molecule has 2 heterocycles. The summed E-state index contributed by atoms with van der Waals surface area (Å²) in [5.74, 6) is 0.297. The van der Waals surface area contributed by atoms with Crippen LogP contribution in [0.15, 0.2) is 39.5 Å². The first-order valence-electron chi connectivity index (χ1n) is 8.66. The van der Waals surface area contributed by atoms with Crippen molar-refractivity contribution >= 4 is 57.0 Å². The van der Waals surface area contributed by atoms with Gasteiger partial charge in [-0.2, -0.15) is 4.31 Å². The molecule has 0 saturated carbocycles. The van der Waals surface area contributed by atoms with Crippen LogP contribution < -0.4 is 11.1 Å². The minimum atomic E-state index is -3.46. The number of anilines is 1. The maximum atomic E-state index is 12.7. The summed E-state index contributed by atoms with van der Waals surface area (Å²) in [4.78, 5) is 5.16. The van der Waals surface area contributed by atoms with Crippen molar-refractivity contribution in [1.82, 2.24) is 4.31 Å². The van der Waals surface area contributed by atoms with Crippen LogP contribution in [0.2, 0.25) is 0 Å². The maximum Gasteiger partial charge on any atom is 0.252 e. The van der Waals surface area contributed by atoms with Crippen LogP contribution in [0.25, 0.3) is 0 Å². The third-order valence-electron chi connectivity index (χ3n) is 4.10. The molecule has 0 unspecified atom stereocenters. The van der Waals surface area contributed by atoms with Crippen molar-refractivity contribution < 1.29 is 13.2 Å². The van der Waals surface area contributed by atoms with E-state index in [2.05, 4.69) is 16.4 Å². The summed E-state index contributed by atoms with van der Waals surface area (Å²) in [6, 6.07) is 9.49. The van der Waals surface area contributed by atoms with Gasteiger partial charge < -0.3 is 15.8 Å². The summed E-state index contributed by atoms with van der Waals surface area (Å²) in [5.41, 5.74) is 9.13. The van der Waals surface area contributed by atoms with Crippen LogP contribution in [0.1, 0.15) is 16.0 Å². The molecule has 1 aromatic carbocycles. The summed E-state index contributed by atoms with van der Waals surface area (Å²) >= 11 is 1.23. The molecule has 154 valence electrons. The number of ether oxygens (including phenoxy) is 1. The van der Waals surface area contributed by atoms with E-state index >= 15 is 0 Å². The Morgan fingerprint density at radius 2 is 1.86 bits per heavy atom. The monoisotopic (exact) mass is 536 g/mol. The van der Waals surface area contributed by atoms with Crippen LogP contribution >= 0.6 is 35.3 Å². The fraction of sp³-hybridized carbons (Fsp3) is 0.389. The normalized spacial score (nSPS) is 15.9. The van der Waals surface area contributed by atoms with Gasteiger partial charge in [0.05, 0.1) is 19.8 Å². The highest BCUT2D eigenvalue weighted by molar-refractivity contribution is 14.0.